The minimum absolute atomic E-state index is 0.0977. The van der Waals surface area contributed by atoms with Crippen molar-refractivity contribution in [2.45, 2.75) is 38.3 Å². The van der Waals surface area contributed by atoms with Gasteiger partial charge >= 0.3 is 0 Å². The lowest BCUT2D eigenvalue weighted by Crippen LogP contribution is -2.59. The van der Waals surface area contributed by atoms with E-state index < -0.39 is 0 Å². The van der Waals surface area contributed by atoms with Gasteiger partial charge in [0.05, 0.1) is 18.3 Å². The van der Waals surface area contributed by atoms with Gasteiger partial charge in [-0.25, -0.2) is 9.97 Å². The van der Waals surface area contributed by atoms with Crippen molar-refractivity contribution in [1.82, 2.24) is 30.1 Å². The van der Waals surface area contributed by atoms with Crippen molar-refractivity contribution in [2.24, 2.45) is 4.99 Å². The number of amides is 1. The van der Waals surface area contributed by atoms with Crippen molar-refractivity contribution in [3.05, 3.63) is 45.1 Å². The molecule has 2 aromatic heterocycles. The standard InChI is InChI=1S/C24H32ClN9O2/c1-2-15-14-33(22-23(35)30-18(13-29-22)21-27-7-8-28-21)11-12-34(15)16-5-9-32(10-6-16)24(36)17-3-4-19(25)31-20(17)26/h3-4,13,15-16H,2,5-12,14H2,1H3,(H2,26,31)(H,27,28)(H,30,35). The quantitative estimate of drug-likeness (QED) is 0.503. The number of hydrogen-bond donors (Lipinski definition) is 3. The summed E-state index contributed by atoms with van der Waals surface area (Å²) in [5.41, 5.74) is 6.77. The van der Waals surface area contributed by atoms with Crippen molar-refractivity contribution >= 4 is 35.0 Å². The molecule has 0 saturated carbocycles. The van der Waals surface area contributed by atoms with Gasteiger partial charge in [0.25, 0.3) is 11.5 Å². The number of H-pyrrole nitrogens is 1. The molecule has 0 spiro atoms. The van der Waals surface area contributed by atoms with E-state index in [2.05, 4.69) is 42.0 Å². The molecule has 4 N–H and O–H groups in total. The highest BCUT2D eigenvalue weighted by Gasteiger charge is 2.35. The summed E-state index contributed by atoms with van der Waals surface area (Å²) in [6, 6.07) is 3.94. The maximum Gasteiger partial charge on any atom is 0.291 e. The fourth-order valence-corrected chi connectivity index (χ4v) is 5.58. The molecule has 0 aliphatic carbocycles. The molecular formula is C24H32ClN9O2. The number of halogens is 1. The minimum atomic E-state index is -0.185. The number of likely N-dealkylation sites (tertiary alicyclic amines) is 1. The summed E-state index contributed by atoms with van der Waals surface area (Å²) in [6.07, 6.45) is 4.45. The number of pyridine rings is 1. The Kier molecular flexibility index (Phi) is 7.10. The van der Waals surface area contributed by atoms with E-state index in [0.717, 1.165) is 45.4 Å². The zero-order valence-electron chi connectivity index (χ0n) is 20.4. The number of nitrogens with one attached hydrogen (secondary N) is 2. The molecule has 3 aliphatic heterocycles. The van der Waals surface area contributed by atoms with Gasteiger partial charge in [-0.05, 0) is 31.4 Å². The normalized spacial score (nSPS) is 21.4. The lowest BCUT2D eigenvalue weighted by atomic mass is 9.97. The number of aromatic nitrogens is 3. The number of aliphatic imine (C=N–C) groups is 1. The average molecular weight is 514 g/mol. The monoisotopic (exact) mass is 513 g/mol. The predicted octanol–water partition coefficient (Wildman–Crippen LogP) is 0.956. The first kappa shape index (κ1) is 24.5. The van der Waals surface area contributed by atoms with Crippen LogP contribution in [-0.2, 0) is 0 Å². The number of piperidine rings is 1. The third-order valence-corrected chi connectivity index (χ3v) is 7.55. The smallest absolute Gasteiger partial charge is 0.291 e. The highest BCUT2D eigenvalue weighted by Crippen LogP contribution is 2.26. The van der Waals surface area contributed by atoms with Crippen molar-refractivity contribution in [3.63, 3.8) is 0 Å². The van der Waals surface area contributed by atoms with Crippen LogP contribution in [0.2, 0.25) is 5.15 Å². The van der Waals surface area contributed by atoms with Crippen molar-refractivity contribution < 1.29 is 4.79 Å². The molecule has 2 saturated heterocycles. The van der Waals surface area contributed by atoms with Gasteiger partial charge < -0.3 is 25.8 Å². The van der Waals surface area contributed by atoms with Gasteiger partial charge in [-0.1, -0.05) is 18.5 Å². The highest BCUT2D eigenvalue weighted by molar-refractivity contribution is 6.29. The van der Waals surface area contributed by atoms with Crippen LogP contribution in [0.4, 0.5) is 11.6 Å². The number of piperazine rings is 1. The number of anilines is 2. The largest absolute Gasteiger partial charge is 0.383 e. The first-order valence-corrected chi connectivity index (χ1v) is 12.9. The summed E-state index contributed by atoms with van der Waals surface area (Å²) in [5, 5.41) is 3.44. The lowest BCUT2D eigenvalue weighted by molar-refractivity contribution is 0.0491. The number of carbonyl (C=O) groups is 1. The molecule has 36 heavy (non-hydrogen) atoms. The van der Waals surface area contributed by atoms with E-state index in [0.29, 0.717) is 54.6 Å². The molecule has 1 unspecified atom stereocenters. The fraction of sp³-hybridized carbons (Fsp3) is 0.542. The molecule has 192 valence electrons. The van der Waals surface area contributed by atoms with Gasteiger partial charge in [-0.2, -0.15) is 0 Å². The molecule has 12 heteroatoms. The Morgan fingerprint density at radius 1 is 1.22 bits per heavy atom. The van der Waals surface area contributed by atoms with Crippen LogP contribution in [-0.4, -0.2) is 94.4 Å². The number of rotatable bonds is 5. The number of carbonyl (C=O) groups excluding carboxylic acids is 1. The maximum atomic E-state index is 13.0. The van der Waals surface area contributed by atoms with Crippen molar-refractivity contribution in [3.8, 4) is 0 Å². The molecular weight excluding hydrogens is 482 g/mol. The number of nitrogens with two attached hydrogens (primary N) is 1. The van der Waals surface area contributed by atoms with E-state index in [1.165, 1.54) is 0 Å². The zero-order chi connectivity index (χ0) is 25.2. The van der Waals surface area contributed by atoms with Crippen LogP contribution in [0.3, 0.4) is 0 Å². The van der Waals surface area contributed by atoms with Crippen molar-refractivity contribution in [1.29, 1.82) is 0 Å². The number of nitrogens with zero attached hydrogens (tertiary/aromatic N) is 6. The first-order chi connectivity index (χ1) is 17.4. The van der Waals surface area contributed by atoms with Gasteiger partial charge in [0.1, 0.15) is 22.5 Å². The van der Waals surface area contributed by atoms with Gasteiger partial charge in [-0.15, -0.1) is 0 Å². The van der Waals surface area contributed by atoms with Gasteiger partial charge in [0.2, 0.25) is 0 Å². The van der Waals surface area contributed by atoms with E-state index in [-0.39, 0.29) is 22.4 Å². The Morgan fingerprint density at radius 2 is 2.03 bits per heavy atom. The molecule has 1 atom stereocenters. The van der Waals surface area contributed by atoms with E-state index in [9.17, 15) is 9.59 Å². The van der Waals surface area contributed by atoms with Crippen LogP contribution < -0.4 is 21.5 Å². The first-order valence-electron chi connectivity index (χ1n) is 12.5. The second-order valence-corrected chi connectivity index (χ2v) is 9.83. The second kappa shape index (κ2) is 10.4. The molecule has 5 rings (SSSR count). The molecule has 2 fully saturated rings. The van der Waals surface area contributed by atoms with Gasteiger partial charge in [-0.3, -0.25) is 19.5 Å². The number of hydrogen-bond acceptors (Lipinski definition) is 9. The van der Waals surface area contributed by atoms with E-state index in [4.69, 9.17) is 17.3 Å². The summed E-state index contributed by atoms with van der Waals surface area (Å²) in [7, 11) is 0. The Morgan fingerprint density at radius 3 is 2.69 bits per heavy atom. The summed E-state index contributed by atoms with van der Waals surface area (Å²) in [6.45, 7) is 7.33. The summed E-state index contributed by atoms with van der Waals surface area (Å²) >= 11 is 5.88. The molecule has 3 aliphatic rings. The second-order valence-electron chi connectivity index (χ2n) is 9.44. The molecule has 0 radical (unpaired) electrons. The molecule has 5 heterocycles. The Labute approximate surface area is 214 Å². The van der Waals surface area contributed by atoms with E-state index >= 15 is 0 Å². The zero-order valence-corrected chi connectivity index (χ0v) is 21.2. The minimum Gasteiger partial charge on any atom is -0.383 e. The summed E-state index contributed by atoms with van der Waals surface area (Å²) in [4.78, 5) is 48.1. The SMILES string of the molecule is CCC1CN(c2ncc(C3=NCCN3)[nH]c2=O)CCN1C1CCN(C(=O)c2ccc(Cl)nc2N)CC1. The predicted molar refractivity (Wildman–Crippen MR) is 140 cm³/mol. The maximum absolute atomic E-state index is 13.0. The highest BCUT2D eigenvalue weighted by atomic mass is 35.5. The Hall–Kier alpha value is -3.18. The molecule has 0 aromatic carbocycles. The lowest BCUT2D eigenvalue weighted by Gasteiger charge is -2.47. The molecule has 11 nitrogen and oxygen atoms in total. The average Bonchev–Trinajstić information content (AvgIpc) is 3.43. The third kappa shape index (κ3) is 4.90. The van der Waals surface area contributed by atoms with Crippen LogP contribution in [0.25, 0.3) is 0 Å². The number of amidine groups is 1. The van der Waals surface area contributed by atoms with Crippen LogP contribution in [0, 0.1) is 0 Å². The fourth-order valence-electron chi connectivity index (χ4n) is 5.43. The van der Waals surface area contributed by atoms with Crippen LogP contribution in [0.15, 0.2) is 28.1 Å². The summed E-state index contributed by atoms with van der Waals surface area (Å²) < 4.78 is 0. The Bertz CT molecular complexity index is 1210. The van der Waals surface area contributed by atoms with Crippen LogP contribution >= 0.6 is 11.6 Å². The summed E-state index contributed by atoms with van der Waals surface area (Å²) in [5.74, 6) is 1.23. The molecule has 0 bridgehead atoms. The topological polar surface area (TPSA) is 136 Å². The van der Waals surface area contributed by atoms with Gasteiger partial charge in [0.15, 0.2) is 5.82 Å². The Balaban J connectivity index is 1.20. The van der Waals surface area contributed by atoms with Gasteiger partial charge in [0, 0.05) is 51.4 Å². The third-order valence-electron chi connectivity index (χ3n) is 7.34. The van der Waals surface area contributed by atoms with Crippen LogP contribution in [0.1, 0.15) is 42.2 Å². The van der Waals surface area contributed by atoms with E-state index in [1.54, 1.807) is 18.3 Å². The number of nitrogen functional groups attached to an aromatic ring is 1. The van der Waals surface area contributed by atoms with Crippen molar-refractivity contribution in [2.75, 3.05) is 56.4 Å². The van der Waals surface area contributed by atoms with E-state index in [1.807, 2.05) is 4.90 Å². The molecule has 2 aromatic rings. The number of aromatic amines is 1. The van der Waals surface area contributed by atoms with Crippen LogP contribution in [0.5, 0.6) is 0 Å². The molecule has 1 amide bonds.